The Morgan fingerprint density at radius 3 is 2.39 bits per heavy atom. The largest absolute Gasteiger partial charge is 0.380 e. The predicted molar refractivity (Wildman–Crippen MR) is 90.3 cm³/mol. The number of halogens is 2. The third-order valence-electron chi connectivity index (χ3n) is 3.09. The molecule has 0 radical (unpaired) electrons. The maximum atomic E-state index is 11.9. The van der Waals surface area contributed by atoms with Crippen molar-refractivity contribution in [2.75, 3.05) is 12.4 Å². The number of nitrogens with one attached hydrogen (secondary N) is 2. The second-order valence-corrected chi connectivity index (χ2v) is 5.57. The highest BCUT2D eigenvalue weighted by Crippen LogP contribution is 2.24. The van der Waals surface area contributed by atoms with Crippen molar-refractivity contribution in [3.05, 3.63) is 67.7 Å². The van der Waals surface area contributed by atoms with Gasteiger partial charge < -0.3 is 10.6 Å². The fourth-order valence-electron chi connectivity index (χ4n) is 2.03. The van der Waals surface area contributed by atoms with E-state index in [-0.39, 0.29) is 11.3 Å². The van der Waals surface area contributed by atoms with E-state index >= 15 is 0 Å². The molecule has 0 aliphatic heterocycles. The smallest absolute Gasteiger partial charge is 0.270 e. The normalized spacial score (nSPS) is 10.2. The molecule has 0 saturated heterocycles. The number of hydrogen-bond acceptors (Lipinski definition) is 4. The molecule has 0 aliphatic carbocycles. The molecule has 2 rings (SSSR count). The standard InChI is InChI=1S/C15H13Cl2N3O3/c1-18-15(21)13-7-12(20(22)23)2-3-14(13)19-8-9-4-10(16)6-11(17)5-9/h2-7,19H,8H2,1H3,(H,18,21). The van der Waals surface area contributed by atoms with Crippen LogP contribution in [0.4, 0.5) is 11.4 Å². The number of hydrogen-bond donors (Lipinski definition) is 2. The molecule has 0 aliphatic rings. The number of carbonyl (C=O) groups is 1. The zero-order valence-corrected chi connectivity index (χ0v) is 13.6. The molecule has 0 saturated carbocycles. The highest BCUT2D eigenvalue weighted by molar-refractivity contribution is 6.34. The van der Waals surface area contributed by atoms with E-state index in [2.05, 4.69) is 10.6 Å². The fourth-order valence-corrected chi connectivity index (χ4v) is 2.60. The molecule has 0 unspecified atom stereocenters. The molecule has 0 atom stereocenters. The van der Waals surface area contributed by atoms with E-state index in [1.807, 2.05) is 0 Å². The first-order valence-corrected chi connectivity index (χ1v) is 7.35. The number of nitro groups is 1. The molecule has 2 aromatic rings. The predicted octanol–water partition coefficient (Wildman–Crippen LogP) is 3.87. The van der Waals surface area contributed by atoms with Crippen LogP contribution in [0.2, 0.25) is 10.0 Å². The van der Waals surface area contributed by atoms with Crippen LogP contribution in [-0.2, 0) is 6.54 Å². The Labute approximate surface area is 142 Å². The summed E-state index contributed by atoms with van der Waals surface area (Å²) in [6.07, 6.45) is 0. The molecule has 6 nitrogen and oxygen atoms in total. The average molecular weight is 354 g/mol. The van der Waals surface area contributed by atoms with Crippen LogP contribution in [0.5, 0.6) is 0 Å². The molecule has 1 amide bonds. The molecular formula is C15H13Cl2N3O3. The molecule has 0 bridgehead atoms. The zero-order valence-electron chi connectivity index (χ0n) is 12.1. The Balaban J connectivity index is 2.28. The molecule has 23 heavy (non-hydrogen) atoms. The Kier molecular flexibility index (Phi) is 5.41. The van der Waals surface area contributed by atoms with Gasteiger partial charge in [-0.2, -0.15) is 0 Å². The highest BCUT2D eigenvalue weighted by atomic mass is 35.5. The van der Waals surface area contributed by atoms with Crippen molar-refractivity contribution >= 4 is 40.5 Å². The summed E-state index contributed by atoms with van der Waals surface area (Å²) >= 11 is 11.9. The third-order valence-corrected chi connectivity index (χ3v) is 3.53. The van der Waals surface area contributed by atoms with Crippen LogP contribution in [-0.4, -0.2) is 17.9 Å². The lowest BCUT2D eigenvalue weighted by molar-refractivity contribution is -0.384. The maximum absolute atomic E-state index is 11.9. The highest BCUT2D eigenvalue weighted by Gasteiger charge is 2.15. The quantitative estimate of drug-likeness (QED) is 0.631. The molecule has 0 spiro atoms. The van der Waals surface area contributed by atoms with Crippen LogP contribution in [0.3, 0.4) is 0 Å². The molecule has 2 aromatic carbocycles. The summed E-state index contributed by atoms with van der Waals surface area (Å²) in [7, 11) is 1.46. The summed E-state index contributed by atoms with van der Waals surface area (Å²) in [5, 5.41) is 17.4. The number of nitro benzene ring substituents is 1. The Morgan fingerprint density at radius 1 is 1.17 bits per heavy atom. The number of non-ortho nitro benzene ring substituents is 1. The minimum absolute atomic E-state index is 0.153. The number of rotatable bonds is 5. The van der Waals surface area contributed by atoms with Gasteiger partial charge in [-0.1, -0.05) is 23.2 Å². The number of benzene rings is 2. The lowest BCUT2D eigenvalue weighted by atomic mass is 10.1. The first-order chi connectivity index (χ1) is 10.9. The Hall–Kier alpha value is -2.31. The van der Waals surface area contributed by atoms with Crippen molar-refractivity contribution in [2.45, 2.75) is 6.54 Å². The number of anilines is 1. The zero-order chi connectivity index (χ0) is 17.0. The van der Waals surface area contributed by atoms with Crippen LogP contribution in [0, 0.1) is 10.1 Å². The summed E-state index contributed by atoms with van der Waals surface area (Å²) in [6.45, 7) is 0.363. The summed E-state index contributed by atoms with van der Waals surface area (Å²) in [5.74, 6) is -0.416. The first-order valence-electron chi connectivity index (χ1n) is 6.60. The van der Waals surface area contributed by atoms with Crippen molar-refractivity contribution in [1.29, 1.82) is 0 Å². The summed E-state index contributed by atoms with van der Waals surface area (Å²) in [5.41, 5.74) is 1.34. The minimum Gasteiger partial charge on any atom is -0.380 e. The van der Waals surface area contributed by atoms with E-state index in [9.17, 15) is 14.9 Å². The van der Waals surface area contributed by atoms with Gasteiger partial charge in [0.1, 0.15) is 0 Å². The first kappa shape index (κ1) is 17.1. The SMILES string of the molecule is CNC(=O)c1cc([N+](=O)[O-])ccc1NCc1cc(Cl)cc(Cl)c1. The van der Waals surface area contributed by atoms with Gasteiger partial charge in [0.15, 0.2) is 0 Å². The molecule has 2 N–H and O–H groups in total. The van der Waals surface area contributed by atoms with Gasteiger partial charge in [0, 0.05) is 41.5 Å². The summed E-state index contributed by atoms with van der Waals surface area (Å²) in [4.78, 5) is 22.2. The van der Waals surface area contributed by atoms with Crippen LogP contribution in [0.15, 0.2) is 36.4 Å². The van der Waals surface area contributed by atoms with Gasteiger partial charge in [0.2, 0.25) is 0 Å². The maximum Gasteiger partial charge on any atom is 0.270 e. The van der Waals surface area contributed by atoms with Crippen molar-refractivity contribution in [2.24, 2.45) is 0 Å². The van der Waals surface area contributed by atoms with Crippen LogP contribution in [0.25, 0.3) is 0 Å². The van der Waals surface area contributed by atoms with Gasteiger partial charge in [-0.15, -0.1) is 0 Å². The number of nitrogens with zero attached hydrogens (tertiary/aromatic N) is 1. The second kappa shape index (κ2) is 7.30. The van der Waals surface area contributed by atoms with Crippen molar-refractivity contribution < 1.29 is 9.72 Å². The van der Waals surface area contributed by atoms with Gasteiger partial charge in [0.05, 0.1) is 10.5 Å². The lowest BCUT2D eigenvalue weighted by Crippen LogP contribution is -2.20. The average Bonchev–Trinajstić information content (AvgIpc) is 2.51. The topological polar surface area (TPSA) is 84.3 Å². The molecule has 8 heteroatoms. The van der Waals surface area contributed by atoms with Crippen LogP contribution in [0.1, 0.15) is 15.9 Å². The summed E-state index contributed by atoms with van der Waals surface area (Å²) in [6, 6.07) is 9.16. The van der Waals surface area contributed by atoms with E-state index in [1.165, 1.54) is 25.2 Å². The van der Waals surface area contributed by atoms with Crippen molar-refractivity contribution in [1.82, 2.24) is 5.32 Å². The molecule has 0 heterocycles. The number of amides is 1. The molecule has 0 fully saturated rings. The van der Waals surface area contributed by atoms with Gasteiger partial charge in [0.25, 0.3) is 11.6 Å². The van der Waals surface area contributed by atoms with E-state index in [4.69, 9.17) is 23.2 Å². The van der Waals surface area contributed by atoms with Crippen LogP contribution >= 0.6 is 23.2 Å². The Morgan fingerprint density at radius 2 is 1.83 bits per heavy atom. The molecular weight excluding hydrogens is 341 g/mol. The second-order valence-electron chi connectivity index (χ2n) is 4.70. The minimum atomic E-state index is -0.549. The van der Waals surface area contributed by atoms with E-state index in [1.54, 1.807) is 18.2 Å². The van der Waals surface area contributed by atoms with E-state index < -0.39 is 10.8 Å². The van der Waals surface area contributed by atoms with E-state index in [0.29, 0.717) is 22.3 Å². The monoisotopic (exact) mass is 353 g/mol. The third kappa shape index (κ3) is 4.34. The number of carbonyl (C=O) groups excluding carboxylic acids is 1. The van der Waals surface area contributed by atoms with Crippen LogP contribution < -0.4 is 10.6 Å². The van der Waals surface area contributed by atoms with E-state index in [0.717, 1.165) is 5.56 Å². The van der Waals surface area contributed by atoms with Crippen molar-refractivity contribution in [3.63, 3.8) is 0 Å². The van der Waals surface area contributed by atoms with Gasteiger partial charge in [-0.05, 0) is 29.8 Å². The molecule has 120 valence electrons. The van der Waals surface area contributed by atoms with Crippen molar-refractivity contribution in [3.8, 4) is 0 Å². The van der Waals surface area contributed by atoms with Gasteiger partial charge >= 0.3 is 0 Å². The fraction of sp³-hybridized carbons (Fsp3) is 0.133. The molecule has 0 aromatic heterocycles. The lowest BCUT2D eigenvalue weighted by Gasteiger charge is -2.12. The summed E-state index contributed by atoms with van der Waals surface area (Å²) < 4.78 is 0. The Bertz CT molecular complexity index is 745. The van der Waals surface area contributed by atoms with Gasteiger partial charge in [-0.3, -0.25) is 14.9 Å². The van der Waals surface area contributed by atoms with Gasteiger partial charge in [-0.25, -0.2) is 0 Å².